The smallest absolute Gasteiger partial charge is 0.409 e. The molecule has 1 N–H and O–H groups in total. The van der Waals surface area contributed by atoms with Crippen molar-refractivity contribution in [1.29, 1.82) is 0 Å². The normalized spacial score (nSPS) is 21.4. The van der Waals surface area contributed by atoms with Gasteiger partial charge in [-0.2, -0.15) is 0 Å². The number of likely N-dealkylation sites (tertiary alicyclic amines) is 1. The maximum Gasteiger partial charge on any atom is 0.409 e. The molecule has 1 aromatic rings. The molecule has 1 aliphatic carbocycles. The number of aromatic nitrogens is 1. The van der Waals surface area contributed by atoms with Crippen molar-refractivity contribution in [3.63, 3.8) is 0 Å². The van der Waals surface area contributed by atoms with Gasteiger partial charge < -0.3 is 15.0 Å². The molecule has 1 saturated heterocycles. The lowest BCUT2D eigenvalue weighted by molar-refractivity contribution is 0.115. The van der Waals surface area contributed by atoms with Crippen LogP contribution in [0.3, 0.4) is 0 Å². The summed E-state index contributed by atoms with van der Waals surface area (Å²) in [7, 11) is 0. The fourth-order valence-corrected chi connectivity index (χ4v) is 4.13. The Kier molecular flexibility index (Phi) is 4.75. The molecule has 1 amide bonds. The molecule has 0 bridgehead atoms. The van der Waals surface area contributed by atoms with Gasteiger partial charge in [0.05, 0.1) is 12.3 Å². The fraction of sp³-hybridized carbons (Fsp3) is 0.733. The highest BCUT2D eigenvalue weighted by atomic mass is 32.1. The summed E-state index contributed by atoms with van der Waals surface area (Å²) in [5, 5.41) is 4.72. The number of hydrogen-bond acceptors (Lipinski definition) is 5. The van der Waals surface area contributed by atoms with E-state index in [0.29, 0.717) is 12.6 Å². The second-order valence-electron chi connectivity index (χ2n) is 5.70. The standard InChI is InChI=1S/C15H23N3O2S/c1-2-20-15(19)18-8-7-11(10-18)16-9-14-17-12-5-3-4-6-13(12)21-14/h11,16H,2-10H2,1H3/t11-/m0/s1. The predicted octanol–water partition coefficient (Wildman–Crippen LogP) is 2.34. The van der Waals surface area contributed by atoms with E-state index in [2.05, 4.69) is 5.32 Å². The van der Waals surface area contributed by atoms with Crippen LogP contribution in [-0.4, -0.2) is 41.7 Å². The van der Waals surface area contributed by atoms with Crippen molar-refractivity contribution in [1.82, 2.24) is 15.2 Å². The van der Waals surface area contributed by atoms with Crippen molar-refractivity contribution in [3.8, 4) is 0 Å². The molecule has 116 valence electrons. The molecule has 0 radical (unpaired) electrons. The largest absolute Gasteiger partial charge is 0.450 e. The zero-order valence-electron chi connectivity index (χ0n) is 12.6. The van der Waals surface area contributed by atoms with Gasteiger partial charge in [0.15, 0.2) is 0 Å². The van der Waals surface area contributed by atoms with E-state index >= 15 is 0 Å². The third kappa shape index (κ3) is 3.55. The maximum absolute atomic E-state index is 11.7. The number of amides is 1. The number of rotatable bonds is 4. The molecule has 1 aliphatic heterocycles. The molecule has 21 heavy (non-hydrogen) atoms. The summed E-state index contributed by atoms with van der Waals surface area (Å²) >= 11 is 1.86. The predicted molar refractivity (Wildman–Crippen MR) is 82.6 cm³/mol. The average molecular weight is 309 g/mol. The number of nitrogens with one attached hydrogen (secondary N) is 1. The van der Waals surface area contributed by atoms with Crippen LogP contribution in [0.2, 0.25) is 0 Å². The van der Waals surface area contributed by atoms with E-state index in [9.17, 15) is 4.79 Å². The van der Waals surface area contributed by atoms with E-state index in [0.717, 1.165) is 32.5 Å². The van der Waals surface area contributed by atoms with Crippen molar-refractivity contribution < 1.29 is 9.53 Å². The molecule has 0 saturated carbocycles. The van der Waals surface area contributed by atoms with Crippen molar-refractivity contribution >= 4 is 17.4 Å². The summed E-state index contributed by atoms with van der Waals surface area (Å²) in [4.78, 5) is 19.7. The van der Waals surface area contributed by atoms with Crippen LogP contribution in [0.15, 0.2) is 0 Å². The van der Waals surface area contributed by atoms with Gasteiger partial charge >= 0.3 is 6.09 Å². The topological polar surface area (TPSA) is 54.5 Å². The van der Waals surface area contributed by atoms with Crippen molar-refractivity contribution in [3.05, 3.63) is 15.6 Å². The lowest BCUT2D eigenvalue weighted by Gasteiger charge is -2.16. The van der Waals surface area contributed by atoms with Gasteiger partial charge in [0.25, 0.3) is 0 Å². The first-order chi connectivity index (χ1) is 10.3. The van der Waals surface area contributed by atoms with Gasteiger partial charge in [0.1, 0.15) is 5.01 Å². The van der Waals surface area contributed by atoms with Crippen LogP contribution in [0.25, 0.3) is 0 Å². The molecule has 2 heterocycles. The second-order valence-corrected chi connectivity index (χ2v) is 6.86. The van der Waals surface area contributed by atoms with Gasteiger partial charge in [-0.25, -0.2) is 9.78 Å². The Bertz CT molecular complexity index is 480. The lowest BCUT2D eigenvalue weighted by atomic mass is 10.0. The van der Waals surface area contributed by atoms with E-state index in [-0.39, 0.29) is 6.09 Å². The highest BCUT2D eigenvalue weighted by Gasteiger charge is 2.27. The van der Waals surface area contributed by atoms with Crippen LogP contribution in [0.4, 0.5) is 4.79 Å². The fourth-order valence-electron chi connectivity index (χ4n) is 3.02. The van der Waals surface area contributed by atoms with Gasteiger partial charge in [-0.3, -0.25) is 0 Å². The highest BCUT2D eigenvalue weighted by Crippen LogP contribution is 2.26. The van der Waals surface area contributed by atoms with E-state index in [4.69, 9.17) is 9.72 Å². The van der Waals surface area contributed by atoms with Gasteiger partial charge in [-0.1, -0.05) is 0 Å². The Balaban J connectivity index is 1.47. The van der Waals surface area contributed by atoms with Crippen LogP contribution in [0, 0.1) is 0 Å². The minimum atomic E-state index is -0.188. The molecule has 3 rings (SSSR count). The SMILES string of the molecule is CCOC(=O)N1CC[C@H](NCc2nc3c(s2)CCCC3)C1. The van der Waals surface area contributed by atoms with Crippen LogP contribution in [-0.2, 0) is 24.1 Å². The minimum absolute atomic E-state index is 0.188. The molecule has 5 nitrogen and oxygen atoms in total. The van der Waals surface area contributed by atoms with Crippen LogP contribution in [0.1, 0.15) is 41.8 Å². The highest BCUT2D eigenvalue weighted by molar-refractivity contribution is 7.11. The molecule has 0 aromatic carbocycles. The number of ether oxygens (including phenoxy) is 1. The number of fused-ring (bicyclic) bond motifs is 1. The van der Waals surface area contributed by atoms with E-state index < -0.39 is 0 Å². The first-order valence-electron chi connectivity index (χ1n) is 7.88. The van der Waals surface area contributed by atoms with Gasteiger partial charge in [-0.15, -0.1) is 11.3 Å². The Hall–Kier alpha value is -1.14. The minimum Gasteiger partial charge on any atom is -0.450 e. The third-order valence-corrected chi connectivity index (χ3v) is 5.30. The first kappa shape index (κ1) is 14.8. The summed E-state index contributed by atoms with van der Waals surface area (Å²) in [5.74, 6) is 0. The summed E-state index contributed by atoms with van der Waals surface area (Å²) in [6.07, 6.45) is 5.73. The van der Waals surface area contributed by atoms with E-state index in [1.54, 1.807) is 4.90 Å². The Morgan fingerprint density at radius 1 is 1.48 bits per heavy atom. The Morgan fingerprint density at radius 2 is 2.33 bits per heavy atom. The summed E-state index contributed by atoms with van der Waals surface area (Å²) < 4.78 is 5.04. The molecule has 1 atom stereocenters. The summed E-state index contributed by atoms with van der Waals surface area (Å²) in [6, 6.07) is 0.357. The van der Waals surface area contributed by atoms with Gasteiger partial charge in [-0.05, 0) is 39.0 Å². The first-order valence-corrected chi connectivity index (χ1v) is 8.70. The van der Waals surface area contributed by atoms with Gasteiger partial charge in [0.2, 0.25) is 0 Å². The Labute approximate surface area is 129 Å². The van der Waals surface area contributed by atoms with Crippen molar-refractivity contribution in [2.75, 3.05) is 19.7 Å². The quantitative estimate of drug-likeness (QED) is 0.927. The zero-order chi connectivity index (χ0) is 14.7. The number of carbonyl (C=O) groups is 1. The van der Waals surface area contributed by atoms with Crippen LogP contribution in [0.5, 0.6) is 0 Å². The summed E-state index contributed by atoms with van der Waals surface area (Å²) in [5.41, 5.74) is 1.32. The van der Waals surface area contributed by atoms with Crippen molar-refractivity contribution in [2.24, 2.45) is 0 Å². The van der Waals surface area contributed by atoms with Crippen LogP contribution >= 0.6 is 11.3 Å². The molecule has 0 spiro atoms. The maximum atomic E-state index is 11.7. The lowest BCUT2D eigenvalue weighted by Crippen LogP contribution is -2.35. The summed E-state index contributed by atoms with van der Waals surface area (Å²) in [6.45, 7) is 4.62. The molecule has 2 aliphatic rings. The van der Waals surface area contributed by atoms with Crippen LogP contribution < -0.4 is 5.32 Å². The Morgan fingerprint density at radius 3 is 3.14 bits per heavy atom. The molecule has 6 heteroatoms. The average Bonchev–Trinajstić information content (AvgIpc) is 3.11. The number of aryl methyl sites for hydroxylation is 2. The van der Waals surface area contributed by atoms with E-state index in [1.165, 1.54) is 34.8 Å². The van der Waals surface area contributed by atoms with Crippen molar-refractivity contribution in [2.45, 2.75) is 51.6 Å². The molecular formula is C15H23N3O2S. The van der Waals surface area contributed by atoms with E-state index in [1.807, 2.05) is 18.3 Å². The van der Waals surface area contributed by atoms with Gasteiger partial charge in [0, 0.05) is 30.6 Å². The second kappa shape index (κ2) is 6.75. The monoisotopic (exact) mass is 309 g/mol. The molecule has 1 aromatic heterocycles. The zero-order valence-corrected chi connectivity index (χ0v) is 13.4. The number of hydrogen-bond donors (Lipinski definition) is 1. The molecular weight excluding hydrogens is 286 g/mol. The number of nitrogens with zero attached hydrogens (tertiary/aromatic N) is 2. The number of thiazole rings is 1. The third-order valence-electron chi connectivity index (χ3n) is 4.15. The molecule has 0 unspecified atom stereocenters. The number of carbonyl (C=O) groups excluding carboxylic acids is 1. The molecule has 1 fully saturated rings.